The minimum atomic E-state index is 0.383. The maximum absolute atomic E-state index is 5.33. The van der Waals surface area contributed by atoms with Gasteiger partial charge < -0.3 is 10.1 Å². The molecule has 2 rings (SSSR count). The third-order valence-electron chi connectivity index (χ3n) is 4.47. The van der Waals surface area contributed by atoms with Crippen molar-refractivity contribution < 1.29 is 4.74 Å². The van der Waals surface area contributed by atoms with E-state index in [1.165, 1.54) is 43.4 Å². The monoisotopic (exact) mass is 290 g/mol. The van der Waals surface area contributed by atoms with E-state index < -0.39 is 0 Å². The van der Waals surface area contributed by atoms with Crippen LogP contribution in [0.2, 0.25) is 0 Å². The fourth-order valence-corrected chi connectivity index (χ4v) is 3.09. The van der Waals surface area contributed by atoms with E-state index in [4.69, 9.17) is 9.72 Å². The van der Waals surface area contributed by atoms with Crippen molar-refractivity contribution in [2.75, 3.05) is 19.0 Å². The van der Waals surface area contributed by atoms with E-state index in [1.807, 2.05) is 0 Å². The third kappa shape index (κ3) is 5.31. The average molecular weight is 290 g/mol. The van der Waals surface area contributed by atoms with Crippen molar-refractivity contribution in [3.63, 3.8) is 0 Å². The zero-order valence-corrected chi connectivity index (χ0v) is 13.8. The van der Waals surface area contributed by atoms with Crippen LogP contribution < -0.4 is 5.32 Å². The lowest BCUT2D eigenvalue weighted by Gasteiger charge is -2.18. The summed E-state index contributed by atoms with van der Waals surface area (Å²) in [5.74, 6) is 1.87. The summed E-state index contributed by atoms with van der Waals surface area (Å²) < 4.78 is 5.33. The summed E-state index contributed by atoms with van der Waals surface area (Å²) in [6.45, 7) is 5.55. The second-order valence-electron chi connectivity index (χ2n) is 6.47. The Hall–Kier alpha value is -1.09. The molecule has 3 nitrogen and oxygen atoms in total. The molecule has 1 aromatic rings. The van der Waals surface area contributed by atoms with E-state index in [2.05, 4.69) is 31.3 Å². The predicted molar refractivity (Wildman–Crippen MR) is 88.9 cm³/mol. The van der Waals surface area contributed by atoms with Gasteiger partial charge in [-0.05, 0) is 56.6 Å². The molecule has 1 N–H and O–H groups in total. The SMILES string of the molecule is CO[C@H](C)CC(C)CCCCc1ccc2c(n1)NCCC2. The lowest BCUT2D eigenvalue weighted by atomic mass is 9.97. The topological polar surface area (TPSA) is 34.1 Å². The number of ether oxygens (including phenoxy) is 1. The van der Waals surface area contributed by atoms with Crippen LogP contribution in [0.1, 0.15) is 57.2 Å². The highest BCUT2D eigenvalue weighted by atomic mass is 16.5. The molecule has 0 aliphatic carbocycles. The summed E-state index contributed by atoms with van der Waals surface area (Å²) in [6.07, 6.45) is 8.85. The highest BCUT2D eigenvalue weighted by Crippen LogP contribution is 2.21. The molecule has 0 amide bonds. The van der Waals surface area contributed by atoms with Gasteiger partial charge in [-0.3, -0.25) is 0 Å². The fourth-order valence-electron chi connectivity index (χ4n) is 3.09. The quantitative estimate of drug-likeness (QED) is 0.728. The standard InChI is InChI=1S/C18H30N2O/c1-14(13-15(2)21-3)7-4-5-9-17-11-10-16-8-6-12-19-18(16)20-17/h10-11,14-15H,4-9,12-13H2,1-3H3,(H,19,20)/t14?,15-/m1/s1. The van der Waals surface area contributed by atoms with Crippen molar-refractivity contribution in [1.82, 2.24) is 4.98 Å². The third-order valence-corrected chi connectivity index (χ3v) is 4.47. The van der Waals surface area contributed by atoms with Crippen LogP contribution in [0.4, 0.5) is 5.82 Å². The second-order valence-corrected chi connectivity index (χ2v) is 6.47. The lowest BCUT2D eigenvalue weighted by Crippen LogP contribution is -2.14. The van der Waals surface area contributed by atoms with Crippen molar-refractivity contribution in [2.24, 2.45) is 5.92 Å². The minimum Gasteiger partial charge on any atom is -0.382 e. The molecule has 2 heterocycles. The van der Waals surface area contributed by atoms with E-state index in [0.29, 0.717) is 6.10 Å². The number of unbranched alkanes of at least 4 members (excludes halogenated alkanes) is 1. The van der Waals surface area contributed by atoms with Gasteiger partial charge in [-0.15, -0.1) is 0 Å². The Morgan fingerprint density at radius 3 is 2.95 bits per heavy atom. The van der Waals surface area contributed by atoms with Crippen molar-refractivity contribution in [3.8, 4) is 0 Å². The van der Waals surface area contributed by atoms with Crippen molar-refractivity contribution in [1.29, 1.82) is 0 Å². The van der Waals surface area contributed by atoms with Gasteiger partial charge in [-0.1, -0.05) is 25.8 Å². The highest BCUT2D eigenvalue weighted by Gasteiger charge is 2.11. The number of rotatable bonds is 8. The molecule has 0 spiro atoms. The molecule has 3 heteroatoms. The van der Waals surface area contributed by atoms with Gasteiger partial charge in [0, 0.05) is 19.3 Å². The van der Waals surface area contributed by atoms with Gasteiger partial charge in [-0.25, -0.2) is 4.98 Å². The van der Waals surface area contributed by atoms with E-state index >= 15 is 0 Å². The van der Waals surface area contributed by atoms with Crippen LogP contribution in [-0.2, 0) is 17.6 Å². The molecule has 0 fully saturated rings. The molecule has 0 bridgehead atoms. The summed E-state index contributed by atoms with van der Waals surface area (Å²) in [4.78, 5) is 4.76. The second kappa shape index (κ2) is 8.38. The Balaban J connectivity index is 1.69. The Kier molecular flexibility index (Phi) is 6.50. The molecule has 0 radical (unpaired) electrons. The number of nitrogens with one attached hydrogen (secondary N) is 1. The van der Waals surface area contributed by atoms with E-state index in [9.17, 15) is 0 Å². The molecule has 1 unspecified atom stereocenters. The molecule has 0 saturated carbocycles. The zero-order valence-electron chi connectivity index (χ0n) is 13.8. The van der Waals surface area contributed by atoms with Crippen molar-refractivity contribution in [3.05, 3.63) is 23.4 Å². The van der Waals surface area contributed by atoms with Gasteiger partial charge in [0.1, 0.15) is 5.82 Å². The van der Waals surface area contributed by atoms with Crippen LogP contribution in [0, 0.1) is 5.92 Å². The molecule has 1 aliphatic rings. The van der Waals surface area contributed by atoms with Gasteiger partial charge in [0.2, 0.25) is 0 Å². The first-order valence-electron chi connectivity index (χ1n) is 8.44. The first-order chi connectivity index (χ1) is 10.2. The van der Waals surface area contributed by atoms with E-state index in [-0.39, 0.29) is 0 Å². The summed E-state index contributed by atoms with van der Waals surface area (Å²) in [7, 11) is 1.80. The maximum Gasteiger partial charge on any atom is 0.129 e. The molecule has 1 aromatic heterocycles. The summed E-state index contributed by atoms with van der Waals surface area (Å²) >= 11 is 0. The molecule has 0 aromatic carbocycles. The van der Waals surface area contributed by atoms with Gasteiger partial charge >= 0.3 is 0 Å². The normalized spacial score (nSPS) is 16.9. The van der Waals surface area contributed by atoms with Gasteiger partial charge in [0.15, 0.2) is 0 Å². The first-order valence-corrected chi connectivity index (χ1v) is 8.44. The molecule has 118 valence electrons. The van der Waals surface area contributed by atoms with Crippen molar-refractivity contribution in [2.45, 2.75) is 64.9 Å². The maximum atomic E-state index is 5.33. The van der Waals surface area contributed by atoms with E-state index in [0.717, 1.165) is 31.1 Å². The van der Waals surface area contributed by atoms with Gasteiger partial charge in [0.25, 0.3) is 0 Å². The van der Waals surface area contributed by atoms with Crippen molar-refractivity contribution >= 4 is 5.82 Å². The number of anilines is 1. The van der Waals surface area contributed by atoms with Crippen LogP contribution in [-0.4, -0.2) is 24.7 Å². The Morgan fingerprint density at radius 2 is 2.14 bits per heavy atom. The summed E-state index contributed by atoms with van der Waals surface area (Å²) in [5.41, 5.74) is 2.62. The van der Waals surface area contributed by atoms with Crippen LogP contribution >= 0.6 is 0 Å². The highest BCUT2D eigenvalue weighted by molar-refractivity contribution is 5.46. The summed E-state index contributed by atoms with van der Waals surface area (Å²) in [5, 5.41) is 3.41. The molecular weight excluding hydrogens is 260 g/mol. The number of nitrogens with zero attached hydrogens (tertiary/aromatic N) is 1. The number of hydrogen-bond acceptors (Lipinski definition) is 3. The Morgan fingerprint density at radius 1 is 1.29 bits per heavy atom. The van der Waals surface area contributed by atoms with Crippen LogP contribution in [0.5, 0.6) is 0 Å². The number of aromatic nitrogens is 1. The zero-order chi connectivity index (χ0) is 15.1. The van der Waals surface area contributed by atoms with Crippen LogP contribution in [0.25, 0.3) is 0 Å². The summed E-state index contributed by atoms with van der Waals surface area (Å²) in [6, 6.07) is 4.47. The predicted octanol–water partition coefficient (Wildman–Crippen LogP) is 4.21. The number of pyridine rings is 1. The smallest absolute Gasteiger partial charge is 0.129 e. The van der Waals surface area contributed by atoms with E-state index in [1.54, 1.807) is 7.11 Å². The molecule has 21 heavy (non-hydrogen) atoms. The van der Waals surface area contributed by atoms with Gasteiger partial charge in [-0.2, -0.15) is 0 Å². The first kappa shape index (κ1) is 16.3. The minimum absolute atomic E-state index is 0.383. The molecule has 2 atom stereocenters. The number of hydrogen-bond donors (Lipinski definition) is 1. The molecule has 1 aliphatic heterocycles. The lowest BCUT2D eigenvalue weighted by molar-refractivity contribution is 0.0957. The number of methoxy groups -OCH3 is 1. The fraction of sp³-hybridized carbons (Fsp3) is 0.722. The van der Waals surface area contributed by atoms with Gasteiger partial charge in [0.05, 0.1) is 6.10 Å². The van der Waals surface area contributed by atoms with Crippen LogP contribution in [0.15, 0.2) is 12.1 Å². The number of aryl methyl sites for hydroxylation is 2. The average Bonchev–Trinajstić information content (AvgIpc) is 2.51. The molecular formula is C18H30N2O. The Labute approximate surface area is 129 Å². The number of fused-ring (bicyclic) bond motifs is 1. The molecule has 0 saturated heterocycles. The van der Waals surface area contributed by atoms with Crippen LogP contribution in [0.3, 0.4) is 0 Å². The largest absolute Gasteiger partial charge is 0.382 e. The Bertz CT molecular complexity index is 433.